The first-order valence-corrected chi connectivity index (χ1v) is 7.13. The zero-order chi connectivity index (χ0) is 13.9. The van der Waals surface area contributed by atoms with Crippen molar-refractivity contribution in [2.75, 3.05) is 0 Å². The van der Waals surface area contributed by atoms with E-state index in [1.54, 1.807) is 6.07 Å². The fourth-order valence-corrected chi connectivity index (χ4v) is 3.68. The second-order valence-electron chi connectivity index (χ2n) is 5.82. The summed E-state index contributed by atoms with van der Waals surface area (Å²) in [4.78, 5) is 12.3. The summed E-state index contributed by atoms with van der Waals surface area (Å²) in [5.41, 5.74) is 3.90. The minimum atomic E-state index is -0.984. The lowest BCUT2D eigenvalue weighted by atomic mass is 9.82. The van der Waals surface area contributed by atoms with Gasteiger partial charge in [0.1, 0.15) is 6.10 Å². The normalized spacial score (nSPS) is 24.8. The molecule has 20 heavy (non-hydrogen) atoms. The van der Waals surface area contributed by atoms with Gasteiger partial charge in [0.15, 0.2) is 5.78 Å². The molecule has 102 valence electrons. The van der Waals surface area contributed by atoms with Crippen molar-refractivity contribution in [1.82, 2.24) is 0 Å². The van der Waals surface area contributed by atoms with Crippen LogP contribution in [0.4, 0.5) is 0 Å². The molecule has 0 fully saturated rings. The van der Waals surface area contributed by atoms with E-state index >= 15 is 0 Å². The molecule has 0 heterocycles. The van der Waals surface area contributed by atoms with Crippen molar-refractivity contribution in [3.05, 3.63) is 46.5 Å². The van der Waals surface area contributed by atoms with Gasteiger partial charge < -0.3 is 10.2 Å². The second kappa shape index (κ2) is 4.14. The maximum Gasteiger partial charge on any atom is 0.166 e. The number of rotatable bonds is 0. The lowest BCUT2D eigenvalue weighted by molar-refractivity contribution is 0.00893. The molecule has 0 spiro atoms. The molecule has 0 amide bonds. The van der Waals surface area contributed by atoms with Gasteiger partial charge in [-0.25, -0.2) is 0 Å². The largest absolute Gasteiger partial charge is 0.390 e. The Balaban J connectivity index is 2.05. The van der Waals surface area contributed by atoms with E-state index < -0.39 is 12.2 Å². The van der Waals surface area contributed by atoms with E-state index in [-0.39, 0.29) is 12.2 Å². The van der Waals surface area contributed by atoms with Crippen LogP contribution < -0.4 is 0 Å². The number of aliphatic hydroxyl groups is 2. The summed E-state index contributed by atoms with van der Waals surface area (Å²) in [5, 5.41) is 21.9. The molecule has 2 unspecified atom stereocenters. The molecular weight excluding hydrogens is 252 g/mol. The summed E-state index contributed by atoms with van der Waals surface area (Å²) in [5.74, 6) is -0.0682. The SMILES string of the molecule is O=C1CC(O)C(O)c2ccc3c4c(ccc3c21)CCC4. The van der Waals surface area contributed by atoms with E-state index in [9.17, 15) is 15.0 Å². The number of carbonyl (C=O) groups excluding carboxylic acids is 1. The fraction of sp³-hybridized carbons (Fsp3) is 0.353. The van der Waals surface area contributed by atoms with Crippen molar-refractivity contribution < 1.29 is 15.0 Å². The summed E-state index contributed by atoms with van der Waals surface area (Å²) >= 11 is 0. The van der Waals surface area contributed by atoms with Crippen LogP contribution in [0.5, 0.6) is 0 Å². The van der Waals surface area contributed by atoms with E-state index in [1.807, 2.05) is 12.1 Å². The maximum absolute atomic E-state index is 12.3. The Morgan fingerprint density at radius 3 is 2.65 bits per heavy atom. The smallest absolute Gasteiger partial charge is 0.166 e. The van der Waals surface area contributed by atoms with Crippen molar-refractivity contribution in [3.8, 4) is 0 Å². The predicted molar refractivity (Wildman–Crippen MR) is 75.9 cm³/mol. The first kappa shape index (κ1) is 12.1. The number of benzene rings is 2. The Morgan fingerprint density at radius 1 is 1.00 bits per heavy atom. The van der Waals surface area contributed by atoms with Crippen molar-refractivity contribution in [3.63, 3.8) is 0 Å². The Morgan fingerprint density at radius 2 is 1.80 bits per heavy atom. The van der Waals surface area contributed by atoms with Gasteiger partial charge in [0.2, 0.25) is 0 Å². The van der Waals surface area contributed by atoms with Gasteiger partial charge in [-0.05, 0) is 46.7 Å². The molecule has 2 aromatic carbocycles. The predicted octanol–water partition coefficient (Wildman–Crippen LogP) is 2.31. The standard InChI is InChI=1S/C17H16O3/c18-14-8-15(19)17(20)13-7-6-11-10-3-1-2-9(10)4-5-12(11)16(13)14/h4-7,15,17,19-20H,1-3,8H2. The number of fused-ring (bicyclic) bond motifs is 5. The zero-order valence-corrected chi connectivity index (χ0v) is 11.1. The van der Waals surface area contributed by atoms with Crippen LogP contribution in [0.2, 0.25) is 0 Å². The molecule has 2 atom stereocenters. The van der Waals surface area contributed by atoms with Crippen molar-refractivity contribution >= 4 is 16.6 Å². The van der Waals surface area contributed by atoms with Gasteiger partial charge in [0.05, 0.1) is 6.10 Å². The van der Waals surface area contributed by atoms with Gasteiger partial charge in [-0.2, -0.15) is 0 Å². The number of ketones is 1. The molecule has 0 aliphatic heterocycles. The quantitative estimate of drug-likeness (QED) is 0.771. The molecule has 2 aromatic rings. The topological polar surface area (TPSA) is 57.5 Å². The minimum absolute atomic E-state index is 0.00433. The highest BCUT2D eigenvalue weighted by Gasteiger charge is 2.33. The Bertz CT molecular complexity index is 733. The average molecular weight is 268 g/mol. The third-order valence-corrected chi connectivity index (χ3v) is 4.67. The van der Waals surface area contributed by atoms with E-state index in [0.717, 1.165) is 23.6 Å². The van der Waals surface area contributed by atoms with Crippen molar-refractivity contribution in [2.45, 2.75) is 37.9 Å². The molecule has 0 bridgehead atoms. The van der Waals surface area contributed by atoms with Crippen LogP contribution in [0, 0.1) is 0 Å². The van der Waals surface area contributed by atoms with E-state index in [4.69, 9.17) is 0 Å². The monoisotopic (exact) mass is 268 g/mol. The Labute approximate surface area is 116 Å². The summed E-state index contributed by atoms with van der Waals surface area (Å²) < 4.78 is 0. The molecule has 0 aromatic heterocycles. The molecular formula is C17H16O3. The van der Waals surface area contributed by atoms with Crippen LogP contribution in [-0.2, 0) is 12.8 Å². The molecule has 0 saturated carbocycles. The molecule has 0 radical (unpaired) electrons. The van der Waals surface area contributed by atoms with Gasteiger partial charge in [0, 0.05) is 12.0 Å². The summed E-state index contributed by atoms with van der Waals surface area (Å²) in [6.45, 7) is 0. The summed E-state index contributed by atoms with van der Waals surface area (Å²) in [6.07, 6.45) is 1.40. The number of aliphatic hydroxyl groups excluding tert-OH is 2. The highest BCUT2D eigenvalue weighted by Crippen LogP contribution is 2.38. The highest BCUT2D eigenvalue weighted by molar-refractivity contribution is 6.11. The third-order valence-electron chi connectivity index (χ3n) is 4.67. The first-order chi connectivity index (χ1) is 9.66. The van der Waals surface area contributed by atoms with Gasteiger partial charge >= 0.3 is 0 Å². The van der Waals surface area contributed by atoms with E-state index in [0.29, 0.717) is 11.1 Å². The molecule has 4 rings (SSSR count). The van der Waals surface area contributed by atoms with Gasteiger partial charge in [-0.15, -0.1) is 0 Å². The zero-order valence-electron chi connectivity index (χ0n) is 11.1. The van der Waals surface area contributed by atoms with E-state index in [2.05, 4.69) is 6.07 Å². The van der Waals surface area contributed by atoms with Crippen LogP contribution in [0.25, 0.3) is 10.8 Å². The number of hydrogen-bond acceptors (Lipinski definition) is 3. The first-order valence-electron chi connectivity index (χ1n) is 7.13. The number of hydrogen-bond donors (Lipinski definition) is 2. The van der Waals surface area contributed by atoms with Gasteiger partial charge in [0.25, 0.3) is 0 Å². The van der Waals surface area contributed by atoms with Crippen LogP contribution in [0.3, 0.4) is 0 Å². The van der Waals surface area contributed by atoms with Crippen molar-refractivity contribution in [1.29, 1.82) is 0 Å². The molecule has 0 saturated heterocycles. The van der Waals surface area contributed by atoms with Crippen molar-refractivity contribution in [2.24, 2.45) is 0 Å². The summed E-state index contributed by atoms with van der Waals surface area (Å²) in [7, 11) is 0. The molecule has 3 heteroatoms. The maximum atomic E-state index is 12.3. The number of aryl methyl sites for hydroxylation is 2. The third kappa shape index (κ3) is 1.51. The molecule has 3 nitrogen and oxygen atoms in total. The van der Waals surface area contributed by atoms with Crippen LogP contribution >= 0.6 is 0 Å². The number of Topliss-reactive ketones (excluding diaryl/α,β-unsaturated/α-hetero) is 1. The highest BCUT2D eigenvalue weighted by atomic mass is 16.3. The number of carbonyl (C=O) groups is 1. The Hall–Kier alpha value is -1.71. The minimum Gasteiger partial charge on any atom is -0.390 e. The molecule has 2 aliphatic carbocycles. The summed E-state index contributed by atoms with van der Waals surface area (Å²) in [6, 6.07) is 7.91. The fourth-order valence-electron chi connectivity index (χ4n) is 3.68. The van der Waals surface area contributed by atoms with Crippen LogP contribution in [-0.4, -0.2) is 22.1 Å². The van der Waals surface area contributed by atoms with E-state index in [1.165, 1.54) is 17.5 Å². The van der Waals surface area contributed by atoms with Crippen LogP contribution in [0.1, 0.15) is 46.0 Å². The second-order valence-corrected chi connectivity index (χ2v) is 5.82. The molecule has 2 N–H and O–H groups in total. The van der Waals surface area contributed by atoms with Gasteiger partial charge in [-0.3, -0.25) is 4.79 Å². The Kier molecular flexibility index (Phi) is 2.50. The average Bonchev–Trinajstić information content (AvgIpc) is 2.92. The lowest BCUT2D eigenvalue weighted by Crippen LogP contribution is -2.29. The lowest BCUT2D eigenvalue weighted by Gasteiger charge is -2.26. The van der Waals surface area contributed by atoms with Gasteiger partial charge in [-0.1, -0.05) is 24.3 Å². The van der Waals surface area contributed by atoms with Crippen LogP contribution in [0.15, 0.2) is 24.3 Å². The molecule has 2 aliphatic rings.